The normalized spacial score (nSPS) is 10.3. The van der Waals surface area contributed by atoms with E-state index in [1.165, 1.54) is 23.9 Å². The van der Waals surface area contributed by atoms with Crippen molar-refractivity contribution in [1.82, 2.24) is 25.8 Å². The molecule has 0 aliphatic rings. The van der Waals surface area contributed by atoms with Crippen molar-refractivity contribution in [1.29, 1.82) is 0 Å². The molecule has 1 heterocycles. The van der Waals surface area contributed by atoms with Crippen LogP contribution in [-0.4, -0.2) is 45.0 Å². The van der Waals surface area contributed by atoms with Crippen LogP contribution in [0.2, 0.25) is 0 Å². The fraction of sp³-hybridized carbons (Fsp3) is 0.105. The molecule has 0 saturated heterocycles. The van der Waals surface area contributed by atoms with E-state index in [-0.39, 0.29) is 17.8 Å². The molecule has 0 unspecified atom stereocenters. The molecular weight excluding hydrogens is 458 g/mol. The number of carbonyl (C=O) groups is 3. The molecule has 3 rings (SSSR count). The zero-order valence-electron chi connectivity index (χ0n) is 15.6. The topological polar surface area (TPSA) is 135 Å². The molecule has 0 aliphatic carbocycles. The quantitative estimate of drug-likeness (QED) is 0.463. The Morgan fingerprint density at radius 3 is 2.33 bits per heavy atom. The third-order valence-corrected chi connectivity index (χ3v) is 4.56. The molecule has 2 aromatic carbocycles. The lowest BCUT2D eigenvalue weighted by molar-refractivity contribution is -0.121. The number of ether oxygens (including phenoxy) is 1. The number of hydrogen-bond donors (Lipinski definition) is 3. The highest BCUT2D eigenvalue weighted by Gasteiger charge is 2.22. The minimum absolute atomic E-state index is 0.0704. The van der Waals surface area contributed by atoms with Gasteiger partial charge in [0.1, 0.15) is 5.75 Å². The molecule has 30 heavy (non-hydrogen) atoms. The van der Waals surface area contributed by atoms with Gasteiger partial charge >= 0.3 is 5.97 Å². The van der Waals surface area contributed by atoms with Crippen molar-refractivity contribution < 1.29 is 24.2 Å². The summed E-state index contributed by atoms with van der Waals surface area (Å²) in [4.78, 5) is 36.0. The van der Waals surface area contributed by atoms with E-state index < -0.39 is 17.8 Å². The summed E-state index contributed by atoms with van der Waals surface area (Å²) in [6.45, 7) is 0. The number of hydrogen-bond acceptors (Lipinski definition) is 6. The number of hydrazine groups is 1. The molecule has 0 fully saturated rings. The molecule has 0 atom stereocenters. The number of amides is 2. The van der Waals surface area contributed by atoms with Crippen LogP contribution in [0.5, 0.6) is 5.75 Å². The standard InChI is InChI=1S/C19H16BrN5O5/c1-30-14-8-2-11(3-9-14)18(27)23-21-16(26)10-15-17(19(28)29)22-24-25(15)13-6-4-12(20)5-7-13/h2-9H,10H2,1H3,(H,21,26)(H,23,27)(H,28,29). The number of carboxylic acids is 1. The van der Waals surface area contributed by atoms with E-state index in [9.17, 15) is 19.5 Å². The van der Waals surface area contributed by atoms with E-state index in [0.717, 1.165) is 4.47 Å². The maximum absolute atomic E-state index is 12.3. The number of halogens is 1. The van der Waals surface area contributed by atoms with Gasteiger partial charge in [-0.2, -0.15) is 0 Å². The second kappa shape index (κ2) is 9.18. The molecule has 11 heteroatoms. The first-order chi connectivity index (χ1) is 14.4. The smallest absolute Gasteiger partial charge is 0.358 e. The predicted octanol–water partition coefficient (Wildman–Crippen LogP) is 1.74. The number of carbonyl (C=O) groups excluding carboxylic acids is 2. The summed E-state index contributed by atoms with van der Waals surface area (Å²) in [6, 6.07) is 13.2. The van der Waals surface area contributed by atoms with Crippen molar-refractivity contribution in [3.63, 3.8) is 0 Å². The first kappa shape index (κ1) is 21.0. The Morgan fingerprint density at radius 2 is 1.73 bits per heavy atom. The van der Waals surface area contributed by atoms with Gasteiger partial charge in [0.05, 0.1) is 24.9 Å². The van der Waals surface area contributed by atoms with Gasteiger partial charge in [-0.1, -0.05) is 21.1 Å². The molecular formula is C19H16BrN5O5. The second-order valence-electron chi connectivity index (χ2n) is 5.99. The highest BCUT2D eigenvalue weighted by molar-refractivity contribution is 9.10. The minimum atomic E-state index is -1.32. The lowest BCUT2D eigenvalue weighted by Crippen LogP contribution is -2.42. The summed E-state index contributed by atoms with van der Waals surface area (Å²) in [5, 5.41) is 16.8. The third-order valence-electron chi connectivity index (χ3n) is 4.03. The van der Waals surface area contributed by atoms with Crippen LogP contribution in [0.4, 0.5) is 0 Å². The Kier molecular flexibility index (Phi) is 6.42. The van der Waals surface area contributed by atoms with Gasteiger partial charge in [-0.3, -0.25) is 20.4 Å². The van der Waals surface area contributed by atoms with Crippen LogP contribution in [0.25, 0.3) is 5.69 Å². The number of nitrogens with one attached hydrogen (secondary N) is 2. The number of methoxy groups -OCH3 is 1. The van der Waals surface area contributed by atoms with Crippen LogP contribution in [0.15, 0.2) is 53.0 Å². The van der Waals surface area contributed by atoms with E-state index in [2.05, 4.69) is 37.1 Å². The van der Waals surface area contributed by atoms with Crippen LogP contribution in [-0.2, 0) is 11.2 Å². The zero-order valence-corrected chi connectivity index (χ0v) is 17.2. The van der Waals surface area contributed by atoms with Crippen molar-refractivity contribution in [3.05, 3.63) is 70.0 Å². The molecule has 0 aliphatic heterocycles. The molecule has 0 radical (unpaired) electrons. The van der Waals surface area contributed by atoms with E-state index in [4.69, 9.17) is 4.74 Å². The molecule has 0 saturated carbocycles. The molecule has 3 aromatic rings. The summed E-state index contributed by atoms with van der Waals surface area (Å²) in [5.41, 5.74) is 5.10. The first-order valence-electron chi connectivity index (χ1n) is 8.56. The Balaban J connectivity index is 1.72. The monoisotopic (exact) mass is 473 g/mol. The molecule has 0 bridgehead atoms. The number of rotatable bonds is 6. The molecule has 154 valence electrons. The summed E-state index contributed by atoms with van der Waals surface area (Å²) in [6.07, 6.45) is -0.367. The number of carboxylic acid groups (broad SMARTS) is 1. The van der Waals surface area contributed by atoms with Crippen molar-refractivity contribution in [2.24, 2.45) is 0 Å². The second-order valence-corrected chi connectivity index (χ2v) is 6.90. The number of aromatic nitrogens is 3. The molecule has 3 N–H and O–H groups in total. The SMILES string of the molecule is COc1ccc(C(=O)NNC(=O)Cc2c(C(=O)O)nnn2-c2ccc(Br)cc2)cc1. The number of benzene rings is 2. The summed E-state index contributed by atoms with van der Waals surface area (Å²) in [7, 11) is 1.51. The fourth-order valence-electron chi connectivity index (χ4n) is 2.55. The molecule has 0 spiro atoms. The van der Waals surface area contributed by atoms with Gasteiger partial charge in [0.2, 0.25) is 5.91 Å². The van der Waals surface area contributed by atoms with Gasteiger partial charge in [-0.15, -0.1) is 5.10 Å². The van der Waals surface area contributed by atoms with E-state index in [1.807, 2.05) is 0 Å². The zero-order chi connectivity index (χ0) is 21.7. The highest BCUT2D eigenvalue weighted by atomic mass is 79.9. The number of nitrogens with zero attached hydrogens (tertiary/aromatic N) is 3. The highest BCUT2D eigenvalue weighted by Crippen LogP contribution is 2.17. The predicted molar refractivity (Wildman–Crippen MR) is 108 cm³/mol. The maximum atomic E-state index is 12.3. The fourth-order valence-corrected chi connectivity index (χ4v) is 2.82. The van der Waals surface area contributed by atoms with Crippen molar-refractivity contribution in [2.45, 2.75) is 6.42 Å². The van der Waals surface area contributed by atoms with E-state index in [0.29, 0.717) is 17.0 Å². The average molecular weight is 474 g/mol. The minimum Gasteiger partial charge on any atom is -0.497 e. The Bertz CT molecular complexity index is 1080. The molecule has 10 nitrogen and oxygen atoms in total. The third kappa shape index (κ3) is 4.81. The van der Waals surface area contributed by atoms with Gasteiger partial charge in [-0.25, -0.2) is 9.48 Å². The van der Waals surface area contributed by atoms with E-state index in [1.54, 1.807) is 36.4 Å². The van der Waals surface area contributed by atoms with Crippen molar-refractivity contribution in [2.75, 3.05) is 7.11 Å². The van der Waals surface area contributed by atoms with Crippen molar-refractivity contribution >= 4 is 33.7 Å². The van der Waals surface area contributed by atoms with Gasteiger partial charge in [0.25, 0.3) is 5.91 Å². The van der Waals surface area contributed by atoms with Crippen molar-refractivity contribution in [3.8, 4) is 11.4 Å². The average Bonchev–Trinajstić information content (AvgIpc) is 3.16. The Hall–Kier alpha value is -3.73. The van der Waals surface area contributed by atoms with Crippen LogP contribution >= 0.6 is 15.9 Å². The summed E-state index contributed by atoms with van der Waals surface area (Å²) < 4.78 is 7.11. The Labute approximate surface area is 178 Å². The van der Waals surface area contributed by atoms with Crippen LogP contribution < -0.4 is 15.6 Å². The lowest BCUT2D eigenvalue weighted by Gasteiger charge is -2.10. The summed E-state index contributed by atoms with van der Waals surface area (Å²) >= 11 is 3.32. The largest absolute Gasteiger partial charge is 0.497 e. The molecule has 1 aromatic heterocycles. The number of aromatic carboxylic acids is 1. The van der Waals surface area contributed by atoms with Gasteiger partial charge in [0, 0.05) is 10.0 Å². The van der Waals surface area contributed by atoms with Crippen LogP contribution in [0, 0.1) is 0 Å². The van der Waals surface area contributed by atoms with Gasteiger partial charge < -0.3 is 9.84 Å². The molecule has 2 amide bonds. The Morgan fingerprint density at radius 1 is 1.07 bits per heavy atom. The first-order valence-corrected chi connectivity index (χ1v) is 9.35. The van der Waals surface area contributed by atoms with Gasteiger partial charge in [0.15, 0.2) is 5.69 Å². The van der Waals surface area contributed by atoms with Crippen LogP contribution in [0.1, 0.15) is 26.5 Å². The van der Waals surface area contributed by atoms with E-state index >= 15 is 0 Å². The van der Waals surface area contributed by atoms with Gasteiger partial charge in [-0.05, 0) is 48.5 Å². The van der Waals surface area contributed by atoms with Crippen LogP contribution in [0.3, 0.4) is 0 Å². The summed E-state index contributed by atoms with van der Waals surface area (Å²) in [5.74, 6) is -1.90. The maximum Gasteiger partial charge on any atom is 0.358 e. The lowest BCUT2D eigenvalue weighted by atomic mass is 10.2.